The number of ether oxygens (including phenoxy) is 1. The third-order valence-electron chi connectivity index (χ3n) is 6.49. The number of nitrogens with zero attached hydrogens (tertiary/aromatic N) is 2. The Labute approximate surface area is 169 Å². The number of aromatic amines is 1. The van der Waals surface area contributed by atoms with Crippen LogP contribution in [0.4, 0.5) is 4.79 Å². The van der Waals surface area contributed by atoms with Crippen LogP contribution in [0.15, 0.2) is 48.5 Å². The molecule has 29 heavy (non-hydrogen) atoms. The number of para-hydroxylation sites is 2. The normalized spacial score (nSPS) is 24.2. The summed E-state index contributed by atoms with van der Waals surface area (Å²) in [4.78, 5) is 22.6. The molecule has 1 aromatic heterocycles. The van der Waals surface area contributed by atoms with E-state index in [0.717, 1.165) is 42.0 Å². The number of piperazine rings is 1. The molecular formula is C22H25N5O2. The smallest absolute Gasteiger partial charge is 0.315 e. The molecule has 0 spiro atoms. The molecule has 3 heterocycles. The highest BCUT2D eigenvalue weighted by molar-refractivity contribution is 5.76. The number of methoxy groups -OCH3 is 1. The molecule has 150 valence electrons. The van der Waals surface area contributed by atoms with Crippen molar-refractivity contribution in [3.63, 3.8) is 0 Å². The fraction of sp³-hybridized carbons (Fsp3) is 0.364. The number of H-pyrrole nitrogens is 1. The third-order valence-corrected chi connectivity index (χ3v) is 6.49. The number of likely N-dealkylation sites (tertiary alicyclic amines) is 1. The number of hydrogen-bond acceptors (Lipinski definition) is 4. The van der Waals surface area contributed by atoms with Crippen LogP contribution in [0.1, 0.15) is 23.7 Å². The molecule has 2 aromatic carbocycles. The average molecular weight is 391 g/mol. The van der Waals surface area contributed by atoms with Gasteiger partial charge in [-0.1, -0.05) is 24.3 Å². The highest BCUT2D eigenvalue weighted by Crippen LogP contribution is 2.46. The second-order valence-electron chi connectivity index (χ2n) is 8.08. The average Bonchev–Trinajstić information content (AvgIpc) is 3.45. The van der Waals surface area contributed by atoms with Gasteiger partial charge >= 0.3 is 6.03 Å². The van der Waals surface area contributed by atoms with Gasteiger partial charge in [0, 0.05) is 25.0 Å². The molecule has 7 heteroatoms. The Morgan fingerprint density at radius 1 is 1.31 bits per heavy atom. The standard InChI is InChI=1S/C22H25N5O2/c1-29-16-8-6-14(7-9-16)10-17(20-25-18-4-2-3-5-19(18)26-20)22-11-15(24-13-22)12-27(22)21(23)28/h2-9,15,17,24H,10-13H2,1H3,(H2,23,28)(H,25,26)/t15?,17-,22?/m0/s1. The molecule has 0 saturated carbocycles. The Morgan fingerprint density at radius 3 is 2.79 bits per heavy atom. The molecule has 0 radical (unpaired) electrons. The van der Waals surface area contributed by atoms with Crippen molar-refractivity contribution in [1.29, 1.82) is 0 Å². The van der Waals surface area contributed by atoms with E-state index in [9.17, 15) is 4.79 Å². The van der Waals surface area contributed by atoms with E-state index in [1.807, 2.05) is 41.3 Å². The van der Waals surface area contributed by atoms with E-state index in [4.69, 9.17) is 15.5 Å². The summed E-state index contributed by atoms with van der Waals surface area (Å²) in [5.41, 5.74) is 8.53. The maximum atomic E-state index is 12.3. The van der Waals surface area contributed by atoms with Crippen molar-refractivity contribution >= 4 is 17.1 Å². The minimum absolute atomic E-state index is 0.00389. The van der Waals surface area contributed by atoms with Crippen LogP contribution < -0.4 is 15.8 Å². The predicted octanol–water partition coefficient (Wildman–Crippen LogP) is 2.39. The summed E-state index contributed by atoms with van der Waals surface area (Å²) in [6.45, 7) is 1.37. The molecule has 2 saturated heterocycles. The summed E-state index contributed by atoms with van der Waals surface area (Å²) < 4.78 is 5.30. The number of fused-ring (bicyclic) bond motifs is 3. The fourth-order valence-corrected chi connectivity index (χ4v) is 5.07. The number of carbonyl (C=O) groups excluding carboxylic acids is 1. The van der Waals surface area contributed by atoms with E-state index < -0.39 is 0 Å². The van der Waals surface area contributed by atoms with Gasteiger partial charge in [0.15, 0.2) is 0 Å². The van der Waals surface area contributed by atoms with Gasteiger partial charge in [0.1, 0.15) is 11.6 Å². The van der Waals surface area contributed by atoms with Gasteiger partial charge in [0.2, 0.25) is 0 Å². The van der Waals surface area contributed by atoms with Crippen LogP contribution in [0, 0.1) is 0 Å². The molecule has 5 rings (SSSR count). The lowest BCUT2D eigenvalue weighted by atomic mass is 9.78. The van der Waals surface area contributed by atoms with Gasteiger partial charge in [-0.15, -0.1) is 0 Å². The second kappa shape index (κ2) is 6.77. The first-order valence-corrected chi connectivity index (χ1v) is 9.97. The van der Waals surface area contributed by atoms with E-state index >= 15 is 0 Å². The molecule has 7 nitrogen and oxygen atoms in total. The van der Waals surface area contributed by atoms with Crippen molar-refractivity contribution in [3.8, 4) is 5.75 Å². The first-order valence-electron chi connectivity index (χ1n) is 9.97. The van der Waals surface area contributed by atoms with Gasteiger partial charge in [-0.3, -0.25) is 0 Å². The molecule has 4 N–H and O–H groups in total. The Kier molecular flexibility index (Phi) is 4.20. The molecule has 2 aliphatic heterocycles. The van der Waals surface area contributed by atoms with Gasteiger partial charge < -0.3 is 25.7 Å². The molecule has 3 aromatic rings. The molecule has 2 unspecified atom stereocenters. The lowest BCUT2D eigenvalue weighted by Crippen LogP contribution is -2.60. The van der Waals surface area contributed by atoms with Crippen molar-refractivity contribution < 1.29 is 9.53 Å². The topological polar surface area (TPSA) is 96.3 Å². The highest BCUT2D eigenvalue weighted by atomic mass is 16.5. The fourth-order valence-electron chi connectivity index (χ4n) is 5.07. The predicted molar refractivity (Wildman–Crippen MR) is 111 cm³/mol. The largest absolute Gasteiger partial charge is 0.497 e. The third kappa shape index (κ3) is 2.93. The maximum absolute atomic E-state index is 12.3. The van der Waals surface area contributed by atoms with Gasteiger partial charge in [0.25, 0.3) is 0 Å². The van der Waals surface area contributed by atoms with Crippen molar-refractivity contribution in [2.24, 2.45) is 5.73 Å². The van der Waals surface area contributed by atoms with E-state index in [1.165, 1.54) is 5.56 Å². The number of benzene rings is 2. The summed E-state index contributed by atoms with van der Waals surface area (Å²) >= 11 is 0. The Hall–Kier alpha value is -3.06. The summed E-state index contributed by atoms with van der Waals surface area (Å²) in [7, 11) is 1.67. The molecule has 2 fully saturated rings. The first kappa shape index (κ1) is 18.0. The number of hydrogen-bond donors (Lipinski definition) is 3. The molecule has 2 aliphatic rings. The first-order chi connectivity index (χ1) is 14.1. The van der Waals surface area contributed by atoms with Crippen molar-refractivity contribution in [3.05, 3.63) is 59.9 Å². The van der Waals surface area contributed by atoms with Crippen LogP contribution in [0.2, 0.25) is 0 Å². The van der Waals surface area contributed by atoms with Gasteiger partial charge in [-0.05, 0) is 42.7 Å². The highest BCUT2D eigenvalue weighted by Gasteiger charge is 2.57. The number of carbonyl (C=O) groups is 1. The van der Waals surface area contributed by atoms with Crippen LogP contribution in [0.3, 0.4) is 0 Å². The SMILES string of the molecule is COc1ccc(C[C@@H](c2nc3ccccc3[nH]2)C23CNC(CN2C(N)=O)C3)cc1. The van der Waals surface area contributed by atoms with Crippen molar-refractivity contribution in [1.82, 2.24) is 20.2 Å². The van der Waals surface area contributed by atoms with Gasteiger partial charge in [-0.2, -0.15) is 0 Å². The van der Waals surface area contributed by atoms with Crippen molar-refractivity contribution in [2.75, 3.05) is 20.2 Å². The quantitative estimate of drug-likeness (QED) is 0.622. The molecule has 3 atom stereocenters. The number of nitrogens with two attached hydrogens (primary N) is 1. The van der Waals surface area contributed by atoms with E-state index in [-0.39, 0.29) is 23.5 Å². The summed E-state index contributed by atoms with van der Waals surface area (Å²) in [5.74, 6) is 1.72. The number of urea groups is 1. The number of imidazole rings is 1. The monoisotopic (exact) mass is 391 g/mol. The lowest BCUT2D eigenvalue weighted by Gasteiger charge is -2.43. The minimum atomic E-state index is -0.385. The zero-order valence-electron chi connectivity index (χ0n) is 16.4. The van der Waals surface area contributed by atoms with Crippen molar-refractivity contribution in [2.45, 2.75) is 30.3 Å². The zero-order chi connectivity index (χ0) is 20.0. The number of amides is 2. The van der Waals surface area contributed by atoms with Crippen LogP contribution in [0.25, 0.3) is 11.0 Å². The van der Waals surface area contributed by atoms with E-state index in [0.29, 0.717) is 6.54 Å². The number of aromatic nitrogens is 2. The summed E-state index contributed by atoms with van der Waals surface area (Å²) in [6, 6.07) is 16.1. The van der Waals surface area contributed by atoms with Crippen LogP contribution in [-0.2, 0) is 6.42 Å². The van der Waals surface area contributed by atoms with Crippen LogP contribution in [-0.4, -0.2) is 52.7 Å². The molecule has 2 bridgehead atoms. The molecular weight excluding hydrogens is 366 g/mol. The Bertz CT molecular complexity index is 1010. The Morgan fingerprint density at radius 2 is 2.10 bits per heavy atom. The lowest BCUT2D eigenvalue weighted by molar-refractivity contribution is 0.122. The second-order valence-corrected chi connectivity index (χ2v) is 8.08. The number of primary amides is 1. The Balaban J connectivity index is 1.59. The molecule has 2 amide bonds. The maximum Gasteiger partial charge on any atom is 0.315 e. The summed E-state index contributed by atoms with van der Waals surface area (Å²) in [5, 5.41) is 3.56. The van der Waals surface area contributed by atoms with Crippen LogP contribution in [0.5, 0.6) is 5.75 Å². The minimum Gasteiger partial charge on any atom is -0.497 e. The van der Waals surface area contributed by atoms with E-state index in [1.54, 1.807) is 7.11 Å². The zero-order valence-corrected chi connectivity index (χ0v) is 16.4. The van der Waals surface area contributed by atoms with Gasteiger partial charge in [-0.25, -0.2) is 9.78 Å². The summed E-state index contributed by atoms with van der Waals surface area (Å²) in [6.07, 6.45) is 1.63. The van der Waals surface area contributed by atoms with Gasteiger partial charge in [0.05, 0.1) is 23.7 Å². The van der Waals surface area contributed by atoms with Crippen LogP contribution >= 0.6 is 0 Å². The number of rotatable bonds is 5. The molecule has 0 aliphatic carbocycles. The van der Waals surface area contributed by atoms with E-state index in [2.05, 4.69) is 22.4 Å². The number of nitrogens with one attached hydrogen (secondary N) is 2.